The predicted molar refractivity (Wildman–Crippen MR) is 75.7 cm³/mol. The number of guanidine groups is 1. The third kappa shape index (κ3) is 4.03. The monoisotopic (exact) mass is 317 g/mol. The van der Waals surface area contributed by atoms with Crippen molar-refractivity contribution in [1.29, 1.82) is 0 Å². The predicted octanol–water partition coefficient (Wildman–Crippen LogP) is 1.86. The molecular weight excluding hydrogens is 299 g/mol. The first-order valence-electron chi connectivity index (χ1n) is 6.78. The molecule has 22 heavy (non-hydrogen) atoms. The molecule has 1 fully saturated rings. The van der Waals surface area contributed by atoms with Gasteiger partial charge in [-0.3, -0.25) is 0 Å². The first-order valence-corrected chi connectivity index (χ1v) is 6.78. The van der Waals surface area contributed by atoms with E-state index in [9.17, 15) is 13.2 Å². The van der Waals surface area contributed by atoms with Crippen molar-refractivity contribution in [2.45, 2.75) is 12.7 Å². The maximum absolute atomic E-state index is 13.1. The Morgan fingerprint density at radius 1 is 1.36 bits per heavy atom. The number of alkyl halides is 3. The number of hydrogen-bond donors (Lipinski definition) is 1. The highest BCUT2D eigenvalue weighted by atomic mass is 19.4. The zero-order valence-electron chi connectivity index (χ0n) is 12.2. The number of methoxy groups -OCH3 is 1. The molecule has 1 saturated heterocycles. The van der Waals surface area contributed by atoms with Crippen molar-refractivity contribution >= 4 is 5.96 Å². The van der Waals surface area contributed by atoms with Crippen LogP contribution in [0.1, 0.15) is 11.1 Å². The minimum atomic E-state index is -4.47. The maximum Gasteiger partial charge on any atom is 0.416 e. The lowest BCUT2D eigenvalue weighted by Gasteiger charge is -2.27. The van der Waals surface area contributed by atoms with Crippen LogP contribution < -0.4 is 10.5 Å². The molecule has 0 aromatic heterocycles. The van der Waals surface area contributed by atoms with Crippen LogP contribution in [0.15, 0.2) is 23.2 Å². The van der Waals surface area contributed by atoms with E-state index >= 15 is 0 Å². The molecule has 0 unspecified atom stereocenters. The number of hydrogen-bond acceptors (Lipinski definition) is 3. The van der Waals surface area contributed by atoms with Crippen molar-refractivity contribution in [3.63, 3.8) is 0 Å². The van der Waals surface area contributed by atoms with Gasteiger partial charge in [0, 0.05) is 13.1 Å². The maximum atomic E-state index is 13.1. The molecule has 2 rings (SSSR count). The fourth-order valence-corrected chi connectivity index (χ4v) is 2.14. The summed E-state index contributed by atoms with van der Waals surface area (Å²) in [7, 11) is 1.32. The van der Waals surface area contributed by atoms with Crippen LogP contribution in [0, 0.1) is 0 Å². The van der Waals surface area contributed by atoms with Crippen molar-refractivity contribution in [2.24, 2.45) is 10.7 Å². The van der Waals surface area contributed by atoms with Gasteiger partial charge >= 0.3 is 6.18 Å². The summed E-state index contributed by atoms with van der Waals surface area (Å²) in [6, 6.07) is 3.80. The summed E-state index contributed by atoms with van der Waals surface area (Å²) in [5.74, 6) is 0.383. The molecule has 0 aliphatic carbocycles. The number of ether oxygens (including phenoxy) is 2. The number of morpholine rings is 1. The molecule has 2 N–H and O–H groups in total. The molecule has 0 radical (unpaired) electrons. The smallest absolute Gasteiger partial charge is 0.416 e. The molecule has 122 valence electrons. The quantitative estimate of drug-likeness (QED) is 0.683. The highest BCUT2D eigenvalue weighted by molar-refractivity contribution is 5.78. The van der Waals surface area contributed by atoms with Crippen molar-refractivity contribution in [3.8, 4) is 5.75 Å². The van der Waals surface area contributed by atoms with E-state index in [1.807, 2.05) is 0 Å². The van der Waals surface area contributed by atoms with Crippen molar-refractivity contribution < 1.29 is 22.6 Å². The summed E-state index contributed by atoms with van der Waals surface area (Å²) < 4.78 is 49.3. The van der Waals surface area contributed by atoms with Gasteiger partial charge in [0.2, 0.25) is 0 Å². The van der Waals surface area contributed by atoms with E-state index in [1.54, 1.807) is 4.90 Å². The van der Waals surface area contributed by atoms with Gasteiger partial charge in [0.25, 0.3) is 0 Å². The first kappa shape index (κ1) is 16.4. The Hall–Kier alpha value is -1.96. The summed E-state index contributed by atoms with van der Waals surface area (Å²) in [5, 5.41) is 0. The van der Waals surface area contributed by atoms with Gasteiger partial charge in [-0.2, -0.15) is 13.2 Å². The van der Waals surface area contributed by atoms with Gasteiger partial charge in [-0.05, 0) is 17.7 Å². The average Bonchev–Trinajstić information content (AvgIpc) is 2.52. The lowest BCUT2D eigenvalue weighted by molar-refractivity contribution is -0.138. The molecule has 5 nitrogen and oxygen atoms in total. The summed E-state index contributed by atoms with van der Waals surface area (Å²) in [6.07, 6.45) is -4.47. The summed E-state index contributed by atoms with van der Waals surface area (Å²) >= 11 is 0. The second-order valence-corrected chi connectivity index (χ2v) is 4.79. The minimum absolute atomic E-state index is 0.0597. The molecule has 1 aromatic rings. The van der Waals surface area contributed by atoms with Crippen LogP contribution in [0.25, 0.3) is 0 Å². The number of nitrogens with two attached hydrogens (primary N) is 1. The van der Waals surface area contributed by atoms with Crippen LogP contribution in [0.5, 0.6) is 5.75 Å². The topological polar surface area (TPSA) is 60.1 Å². The fraction of sp³-hybridized carbons (Fsp3) is 0.500. The van der Waals surface area contributed by atoms with E-state index in [0.29, 0.717) is 26.3 Å². The molecule has 0 amide bonds. The number of rotatable bonds is 3. The lowest BCUT2D eigenvalue weighted by atomic mass is 10.1. The summed E-state index contributed by atoms with van der Waals surface area (Å²) in [4.78, 5) is 5.86. The summed E-state index contributed by atoms with van der Waals surface area (Å²) in [6.45, 7) is 2.11. The lowest BCUT2D eigenvalue weighted by Crippen LogP contribution is -2.44. The molecule has 1 aliphatic rings. The molecule has 1 aromatic carbocycles. The van der Waals surface area contributed by atoms with Gasteiger partial charge in [0.15, 0.2) is 5.96 Å². The van der Waals surface area contributed by atoms with Gasteiger partial charge < -0.3 is 20.1 Å². The largest absolute Gasteiger partial charge is 0.497 e. The van der Waals surface area contributed by atoms with Crippen LogP contribution in [0.3, 0.4) is 0 Å². The van der Waals surface area contributed by atoms with Gasteiger partial charge in [0.05, 0.1) is 32.4 Å². The van der Waals surface area contributed by atoms with E-state index in [1.165, 1.54) is 19.2 Å². The number of halogens is 3. The van der Waals surface area contributed by atoms with Crippen LogP contribution in [0.2, 0.25) is 0 Å². The zero-order valence-corrected chi connectivity index (χ0v) is 12.2. The second-order valence-electron chi connectivity index (χ2n) is 4.79. The molecule has 0 spiro atoms. The van der Waals surface area contributed by atoms with E-state index in [0.717, 1.165) is 6.07 Å². The third-order valence-electron chi connectivity index (χ3n) is 3.37. The van der Waals surface area contributed by atoms with Crippen LogP contribution >= 0.6 is 0 Å². The molecule has 8 heteroatoms. The standard InChI is InChI=1S/C14H18F3N3O2/c1-21-11-3-2-10(12(8-11)14(15,16)17)9-19-13(18)20-4-6-22-7-5-20/h2-3,8H,4-7,9H2,1H3,(H2,18,19). The zero-order chi connectivity index (χ0) is 16.2. The van der Waals surface area contributed by atoms with E-state index in [2.05, 4.69) is 4.99 Å². The number of nitrogens with zero attached hydrogens (tertiary/aromatic N) is 2. The summed E-state index contributed by atoms with van der Waals surface area (Å²) in [5.41, 5.74) is 5.13. The molecule has 0 atom stereocenters. The molecular formula is C14H18F3N3O2. The Kier molecular flexibility index (Phi) is 5.12. The highest BCUT2D eigenvalue weighted by Gasteiger charge is 2.33. The van der Waals surface area contributed by atoms with Crippen molar-refractivity contribution in [2.75, 3.05) is 33.4 Å². The average molecular weight is 317 g/mol. The van der Waals surface area contributed by atoms with E-state index in [-0.39, 0.29) is 23.8 Å². The van der Waals surface area contributed by atoms with Gasteiger partial charge in [-0.25, -0.2) is 4.99 Å². The van der Waals surface area contributed by atoms with Crippen LogP contribution in [-0.4, -0.2) is 44.3 Å². The van der Waals surface area contributed by atoms with Crippen molar-refractivity contribution in [3.05, 3.63) is 29.3 Å². The molecule has 1 aliphatic heterocycles. The van der Waals surface area contributed by atoms with Crippen LogP contribution in [0.4, 0.5) is 13.2 Å². The van der Waals surface area contributed by atoms with Crippen molar-refractivity contribution in [1.82, 2.24) is 4.90 Å². The normalized spacial score (nSPS) is 16.7. The Morgan fingerprint density at radius 3 is 2.64 bits per heavy atom. The van der Waals surface area contributed by atoms with E-state index in [4.69, 9.17) is 15.2 Å². The molecule has 0 bridgehead atoms. The number of aliphatic imine (C=N–C) groups is 1. The van der Waals surface area contributed by atoms with Gasteiger partial charge in [0.1, 0.15) is 5.75 Å². The SMILES string of the molecule is COc1ccc(CN=C(N)N2CCOCC2)c(C(F)(F)F)c1. The number of benzene rings is 1. The third-order valence-corrected chi connectivity index (χ3v) is 3.37. The molecule has 0 saturated carbocycles. The Balaban J connectivity index is 2.18. The minimum Gasteiger partial charge on any atom is -0.497 e. The van der Waals surface area contributed by atoms with Gasteiger partial charge in [-0.15, -0.1) is 0 Å². The van der Waals surface area contributed by atoms with E-state index < -0.39 is 11.7 Å². The Morgan fingerprint density at radius 2 is 2.05 bits per heavy atom. The Labute approximate surface area is 126 Å². The second kappa shape index (κ2) is 6.87. The van der Waals surface area contributed by atoms with Gasteiger partial charge in [-0.1, -0.05) is 6.07 Å². The highest BCUT2D eigenvalue weighted by Crippen LogP contribution is 2.34. The Bertz CT molecular complexity index is 541. The fourth-order valence-electron chi connectivity index (χ4n) is 2.14. The van der Waals surface area contributed by atoms with Crippen LogP contribution in [-0.2, 0) is 17.5 Å². The first-order chi connectivity index (χ1) is 10.4. The molecule has 1 heterocycles.